The molecule has 176 valence electrons. The summed E-state index contributed by atoms with van der Waals surface area (Å²) in [5, 5.41) is 8.27. The van der Waals surface area contributed by atoms with E-state index in [9.17, 15) is 18.0 Å². The Labute approximate surface area is 196 Å². The average molecular weight is 495 g/mol. The van der Waals surface area contributed by atoms with Crippen LogP contribution in [0.3, 0.4) is 0 Å². The van der Waals surface area contributed by atoms with Crippen LogP contribution < -0.4 is 4.74 Å². The summed E-state index contributed by atoms with van der Waals surface area (Å²) >= 11 is 6.47. The third kappa shape index (κ3) is 4.70. The van der Waals surface area contributed by atoms with E-state index in [1.54, 1.807) is 20.9 Å². The van der Waals surface area contributed by atoms with Gasteiger partial charge in [-0.25, -0.2) is 17.9 Å². The number of rotatable bonds is 7. The van der Waals surface area contributed by atoms with Crippen molar-refractivity contribution in [3.05, 3.63) is 57.0 Å². The average Bonchev–Trinajstić information content (AvgIpc) is 3.19. The minimum absolute atomic E-state index is 0.0297. The predicted molar refractivity (Wildman–Crippen MR) is 120 cm³/mol. The number of aryl methyl sites for hydroxylation is 4. The second kappa shape index (κ2) is 9.08. The number of methoxy groups -OCH3 is 1. The number of ether oxygens (including phenoxy) is 2. The van der Waals surface area contributed by atoms with Crippen molar-refractivity contribution in [2.75, 3.05) is 13.4 Å². The second-order valence-corrected chi connectivity index (χ2v) is 9.88. The first-order valence-corrected chi connectivity index (χ1v) is 11.9. The normalized spacial score (nSPS) is 11.6. The van der Waals surface area contributed by atoms with Gasteiger partial charge < -0.3 is 9.47 Å². The molecular weight excluding hydrogens is 472 g/mol. The number of aromatic nitrogens is 4. The predicted octanol–water partition coefficient (Wildman–Crippen LogP) is 2.42. The first kappa shape index (κ1) is 24.6. The molecule has 33 heavy (non-hydrogen) atoms. The lowest BCUT2D eigenvalue weighted by Gasteiger charge is -2.13. The lowest BCUT2D eigenvalue weighted by molar-refractivity contribution is 0.0717. The van der Waals surface area contributed by atoms with Gasteiger partial charge >= 0.3 is 5.97 Å². The number of hydrogen-bond donors (Lipinski definition) is 0. The number of nitrogens with zero attached hydrogens (tertiary/aromatic N) is 4. The molecule has 0 radical (unpaired) electrons. The van der Waals surface area contributed by atoms with Crippen LogP contribution in [0.25, 0.3) is 0 Å². The van der Waals surface area contributed by atoms with Crippen LogP contribution in [0.5, 0.6) is 5.88 Å². The molecule has 0 unspecified atom stereocenters. The zero-order valence-corrected chi connectivity index (χ0v) is 20.5. The Morgan fingerprint density at radius 1 is 1.09 bits per heavy atom. The van der Waals surface area contributed by atoms with Crippen LogP contribution in [0.1, 0.15) is 43.2 Å². The highest BCUT2D eigenvalue weighted by molar-refractivity contribution is 7.90. The second-order valence-electron chi connectivity index (χ2n) is 7.52. The largest absolute Gasteiger partial charge is 0.403 e. The number of halogens is 1. The van der Waals surface area contributed by atoms with Crippen LogP contribution in [-0.4, -0.2) is 53.1 Å². The number of carbonyl (C=O) groups is 2. The van der Waals surface area contributed by atoms with Crippen molar-refractivity contribution < 1.29 is 27.5 Å². The van der Waals surface area contributed by atoms with E-state index in [-0.39, 0.29) is 44.7 Å². The summed E-state index contributed by atoms with van der Waals surface area (Å²) in [5.41, 5.74) is 1.25. The number of ketones is 1. The number of hydrogen-bond acceptors (Lipinski definition) is 8. The van der Waals surface area contributed by atoms with Gasteiger partial charge in [0.05, 0.1) is 27.9 Å². The standard InChI is InChI=1S/C21H23ClN4O6S/c1-11-14(9-25(3)23-11)21(28)32-20-17(12(2)24-26(20)4)19(27)13-7-8-16(33(6,29)30)15(10-31-5)18(13)22/h7-9H,10H2,1-6H3. The van der Waals surface area contributed by atoms with Crippen molar-refractivity contribution in [3.63, 3.8) is 0 Å². The third-order valence-electron chi connectivity index (χ3n) is 4.95. The zero-order chi connectivity index (χ0) is 24.7. The minimum Gasteiger partial charge on any atom is -0.403 e. The zero-order valence-electron chi connectivity index (χ0n) is 19.0. The quantitative estimate of drug-likeness (QED) is 0.362. The van der Waals surface area contributed by atoms with E-state index < -0.39 is 21.6 Å². The fourth-order valence-corrected chi connectivity index (χ4v) is 4.78. The van der Waals surface area contributed by atoms with E-state index in [1.165, 1.54) is 41.9 Å². The van der Waals surface area contributed by atoms with Gasteiger partial charge in [-0.1, -0.05) is 11.6 Å². The molecule has 12 heteroatoms. The molecule has 0 spiro atoms. The van der Waals surface area contributed by atoms with Crippen LogP contribution in [0.15, 0.2) is 23.2 Å². The third-order valence-corrected chi connectivity index (χ3v) is 6.57. The molecular formula is C21H23ClN4O6S. The molecule has 3 rings (SSSR count). The van der Waals surface area contributed by atoms with E-state index in [4.69, 9.17) is 21.1 Å². The summed E-state index contributed by atoms with van der Waals surface area (Å²) in [6.07, 6.45) is 2.56. The first-order valence-electron chi connectivity index (χ1n) is 9.67. The monoisotopic (exact) mass is 494 g/mol. The van der Waals surface area contributed by atoms with Crippen LogP contribution >= 0.6 is 11.6 Å². The number of carbonyl (C=O) groups excluding carboxylic acids is 2. The van der Waals surface area contributed by atoms with E-state index >= 15 is 0 Å². The van der Waals surface area contributed by atoms with Gasteiger partial charge in [-0.2, -0.15) is 10.2 Å². The van der Waals surface area contributed by atoms with Gasteiger partial charge in [0.2, 0.25) is 11.7 Å². The highest BCUT2D eigenvalue weighted by Crippen LogP contribution is 2.33. The highest BCUT2D eigenvalue weighted by atomic mass is 35.5. The first-order chi connectivity index (χ1) is 15.4. The summed E-state index contributed by atoms with van der Waals surface area (Å²) in [6.45, 7) is 3.14. The van der Waals surface area contributed by atoms with Crippen LogP contribution in [0, 0.1) is 13.8 Å². The van der Waals surface area contributed by atoms with E-state index in [0.29, 0.717) is 11.4 Å². The van der Waals surface area contributed by atoms with Gasteiger partial charge in [-0.3, -0.25) is 9.48 Å². The van der Waals surface area contributed by atoms with Crippen molar-refractivity contribution in [2.45, 2.75) is 25.3 Å². The van der Waals surface area contributed by atoms with E-state index in [2.05, 4.69) is 10.2 Å². The van der Waals surface area contributed by atoms with Gasteiger partial charge in [-0.15, -0.1) is 0 Å². The van der Waals surface area contributed by atoms with Gasteiger partial charge in [0.25, 0.3) is 0 Å². The summed E-state index contributed by atoms with van der Waals surface area (Å²) in [7, 11) is 0.982. The molecule has 0 aliphatic rings. The molecule has 1 aromatic carbocycles. The molecule has 10 nitrogen and oxygen atoms in total. The molecule has 2 heterocycles. The molecule has 0 aliphatic carbocycles. The minimum atomic E-state index is -3.62. The highest BCUT2D eigenvalue weighted by Gasteiger charge is 2.29. The van der Waals surface area contributed by atoms with E-state index in [1.807, 2.05) is 0 Å². The molecule has 0 amide bonds. The van der Waals surface area contributed by atoms with Crippen molar-refractivity contribution in [1.29, 1.82) is 0 Å². The summed E-state index contributed by atoms with van der Waals surface area (Å²) < 4.78 is 37.7. The lowest BCUT2D eigenvalue weighted by Crippen LogP contribution is -2.15. The Kier molecular flexibility index (Phi) is 6.78. The maximum atomic E-state index is 13.5. The molecule has 3 aromatic rings. The van der Waals surface area contributed by atoms with Gasteiger partial charge in [0, 0.05) is 44.8 Å². The molecule has 0 fully saturated rings. The maximum Gasteiger partial charge on any atom is 0.348 e. The fourth-order valence-electron chi connectivity index (χ4n) is 3.50. The molecule has 0 bridgehead atoms. The SMILES string of the molecule is COCc1c(S(C)(=O)=O)ccc(C(=O)c2c(C)nn(C)c2OC(=O)c2cn(C)nc2C)c1Cl. The van der Waals surface area contributed by atoms with Crippen LogP contribution in [0.4, 0.5) is 0 Å². The van der Waals surface area contributed by atoms with Gasteiger partial charge in [-0.05, 0) is 26.0 Å². The Morgan fingerprint density at radius 3 is 2.30 bits per heavy atom. The molecule has 0 N–H and O–H groups in total. The molecule has 2 aromatic heterocycles. The van der Waals surface area contributed by atoms with Gasteiger partial charge in [0.1, 0.15) is 11.1 Å². The molecule has 0 saturated heterocycles. The molecule has 0 aliphatic heterocycles. The molecule has 0 saturated carbocycles. The number of esters is 1. The lowest BCUT2D eigenvalue weighted by atomic mass is 10.0. The van der Waals surface area contributed by atoms with E-state index in [0.717, 1.165) is 6.26 Å². The number of benzene rings is 1. The van der Waals surface area contributed by atoms with Crippen molar-refractivity contribution in [1.82, 2.24) is 19.6 Å². The topological polar surface area (TPSA) is 122 Å². The molecule has 0 atom stereocenters. The van der Waals surface area contributed by atoms with Crippen molar-refractivity contribution in [2.24, 2.45) is 14.1 Å². The fraction of sp³-hybridized carbons (Fsp3) is 0.333. The Hall–Kier alpha value is -3.02. The van der Waals surface area contributed by atoms with Crippen molar-refractivity contribution in [3.8, 4) is 5.88 Å². The maximum absolute atomic E-state index is 13.5. The Bertz CT molecular complexity index is 1370. The van der Waals surface area contributed by atoms with Crippen molar-refractivity contribution >= 4 is 33.2 Å². The summed E-state index contributed by atoms with van der Waals surface area (Å²) in [4.78, 5) is 26.2. The summed E-state index contributed by atoms with van der Waals surface area (Å²) in [5.74, 6) is -1.34. The number of sulfone groups is 1. The Balaban J connectivity index is 2.10. The Morgan fingerprint density at radius 2 is 1.76 bits per heavy atom. The van der Waals surface area contributed by atoms with Crippen LogP contribution in [0.2, 0.25) is 5.02 Å². The smallest absolute Gasteiger partial charge is 0.348 e. The van der Waals surface area contributed by atoms with Gasteiger partial charge in [0.15, 0.2) is 9.84 Å². The summed E-state index contributed by atoms with van der Waals surface area (Å²) in [6, 6.07) is 2.63. The van der Waals surface area contributed by atoms with Crippen LogP contribution in [-0.2, 0) is 35.3 Å².